The Morgan fingerprint density at radius 2 is 2.29 bits per heavy atom. The predicted octanol–water partition coefficient (Wildman–Crippen LogP) is 3.04. The summed E-state index contributed by atoms with van der Waals surface area (Å²) >= 11 is 4.94. The van der Waals surface area contributed by atoms with E-state index in [0.717, 1.165) is 9.35 Å². The summed E-state index contributed by atoms with van der Waals surface area (Å²) in [5, 5.41) is 4.71. The molecule has 1 aromatic heterocycles. The quantitative estimate of drug-likeness (QED) is 0.899. The Labute approximate surface area is 114 Å². The van der Waals surface area contributed by atoms with Gasteiger partial charge in [-0.05, 0) is 53.7 Å². The minimum Gasteiger partial charge on any atom is -0.444 e. The highest BCUT2D eigenvalue weighted by Crippen LogP contribution is 2.25. The molecule has 96 valence electrons. The van der Waals surface area contributed by atoms with Crippen LogP contribution in [0.25, 0.3) is 0 Å². The van der Waals surface area contributed by atoms with Crippen LogP contribution in [0.2, 0.25) is 0 Å². The van der Waals surface area contributed by atoms with E-state index < -0.39 is 11.7 Å². The third-order valence-corrected chi connectivity index (χ3v) is 3.44. The van der Waals surface area contributed by atoms with E-state index >= 15 is 0 Å². The van der Waals surface area contributed by atoms with Gasteiger partial charge in [0, 0.05) is 6.54 Å². The average Bonchev–Trinajstić information content (AvgIpc) is 2.58. The third-order valence-electron chi connectivity index (χ3n) is 1.92. The van der Waals surface area contributed by atoms with Gasteiger partial charge in [0.1, 0.15) is 5.60 Å². The smallest absolute Gasteiger partial charge is 0.408 e. The highest BCUT2D eigenvalue weighted by Gasteiger charge is 2.20. The van der Waals surface area contributed by atoms with Crippen molar-refractivity contribution in [3.8, 4) is 0 Å². The van der Waals surface area contributed by atoms with Crippen LogP contribution < -0.4 is 11.1 Å². The average molecular weight is 321 g/mol. The van der Waals surface area contributed by atoms with Crippen molar-refractivity contribution >= 4 is 33.4 Å². The van der Waals surface area contributed by atoms with Crippen LogP contribution in [0, 0.1) is 0 Å². The summed E-state index contributed by atoms with van der Waals surface area (Å²) < 4.78 is 6.20. The van der Waals surface area contributed by atoms with E-state index in [9.17, 15) is 4.79 Å². The molecule has 1 rings (SSSR count). The Balaban J connectivity index is 2.62. The zero-order valence-electron chi connectivity index (χ0n) is 10.1. The Morgan fingerprint density at radius 3 is 2.71 bits per heavy atom. The lowest BCUT2D eigenvalue weighted by Gasteiger charge is -2.22. The van der Waals surface area contributed by atoms with Gasteiger partial charge in [-0.3, -0.25) is 0 Å². The van der Waals surface area contributed by atoms with Crippen LogP contribution in [0.4, 0.5) is 4.79 Å². The molecule has 0 saturated heterocycles. The molecule has 1 aromatic rings. The summed E-state index contributed by atoms with van der Waals surface area (Å²) in [6, 6.07) is 1.73. The van der Waals surface area contributed by atoms with Crippen molar-refractivity contribution in [3.05, 3.63) is 20.8 Å². The highest BCUT2D eigenvalue weighted by molar-refractivity contribution is 9.11. The first kappa shape index (κ1) is 14.5. The minimum atomic E-state index is -0.502. The standard InChI is InChI=1S/C11H17BrN2O2S/c1-11(2,3)16-10(15)14-8(5-13)7-4-9(12)17-6-7/h4,6,8H,5,13H2,1-3H3,(H,14,15). The largest absolute Gasteiger partial charge is 0.444 e. The van der Waals surface area contributed by atoms with Gasteiger partial charge >= 0.3 is 6.09 Å². The number of rotatable bonds is 3. The van der Waals surface area contributed by atoms with Gasteiger partial charge in [-0.15, -0.1) is 11.3 Å². The Kier molecular flexibility index (Phi) is 4.97. The summed E-state index contributed by atoms with van der Waals surface area (Å²) in [5.41, 5.74) is 6.13. The lowest BCUT2D eigenvalue weighted by Crippen LogP contribution is -2.37. The van der Waals surface area contributed by atoms with Crippen molar-refractivity contribution < 1.29 is 9.53 Å². The number of halogens is 1. The Morgan fingerprint density at radius 1 is 1.65 bits per heavy atom. The maximum Gasteiger partial charge on any atom is 0.408 e. The fourth-order valence-electron chi connectivity index (χ4n) is 1.23. The molecule has 6 heteroatoms. The molecule has 17 heavy (non-hydrogen) atoms. The van der Waals surface area contributed by atoms with Gasteiger partial charge in [0.15, 0.2) is 0 Å². The molecule has 0 bridgehead atoms. The summed E-state index contributed by atoms with van der Waals surface area (Å²) in [6.07, 6.45) is -0.449. The molecular formula is C11H17BrN2O2S. The second-order valence-electron chi connectivity index (χ2n) is 4.62. The molecule has 1 amide bonds. The molecule has 0 aliphatic rings. The number of carbonyl (C=O) groups is 1. The van der Waals surface area contributed by atoms with E-state index in [1.807, 2.05) is 32.2 Å². The fraction of sp³-hybridized carbons (Fsp3) is 0.545. The van der Waals surface area contributed by atoms with Gasteiger partial charge in [-0.2, -0.15) is 0 Å². The summed E-state index contributed by atoms with van der Waals surface area (Å²) in [7, 11) is 0. The Hall–Kier alpha value is -0.590. The number of carbonyl (C=O) groups excluding carboxylic acids is 1. The van der Waals surface area contributed by atoms with Gasteiger partial charge in [0.2, 0.25) is 0 Å². The molecule has 1 atom stereocenters. The lowest BCUT2D eigenvalue weighted by atomic mass is 10.1. The zero-order valence-corrected chi connectivity index (χ0v) is 12.5. The molecular weight excluding hydrogens is 304 g/mol. The molecule has 0 aromatic carbocycles. The van der Waals surface area contributed by atoms with Crippen molar-refractivity contribution in [2.24, 2.45) is 5.73 Å². The SMILES string of the molecule is CC(C)(C)OC(=O)NC(CN)c1csc(Br)c1. The van der Waals surface area contributed by atoms with Crippen LogP contribution in [-0.4, -0.2) is 18.2 Å². The van der Waals surface area contributed by atoms with Crippen LogP contribution in [0.15, 0.2) is 15.2 Å². The van der Waals surface area contributed by atoms with Gasteiger partial charge in [0.05, 0.1) is 9.83 Å². The van der Waals surface area contributed by atoms with Crippen molar-refractivity contribution in [1.29, 1.82) is 0 Å². The van der Waals surface area contributed by atoms with Crippen molar-refractivity contribution in [2.75, 3.05) is 6.54 Å². The van der Waals surface area contributed by atoms with Gasteiger partial charge in [0.25, 0.3) is 0 Å². The van der Waals surface area contributed by atoms with Crippen molar-refractivity contribution in [3.63, 3.8) is 0 Å². The summed E-state index contributed by atoms with van der Waals surface area (Å²) in [5.74, 6) is 0. The highest BCUT2D eigenvalue weighted by atomic mass is 79.9. The van der Waals surface area contributed by atoms with Crippen LogP contribution in [0.1, 0.15) is 32.4 Å². The van der Waals surface area contributed by atoms with Gasteiger partial charge in [-0.25, -0.2) is 4.79 Å². The van der Waals surface area contributed by atoms with Gasteiger partial charge < -0.3 is 15.8 Å². The van der Waals surface area contributed by atoms with Gasteiger partial charge in [-0.1, -0.05) is 0 Å². The predicted molar refractivity (Wildman–Crippen MR) is 73.2 cm³/mol. The van der Waals surface area contributed by atoms with Crippen LogP contribution in [0.3, 0.4) is 0 Å². The third kappa shape index (κ3) is 5.06. The monoisotopic (exact) mass is 320 g/mol. The molecule has 0 aliphatic carbocycles. The minimum absolute atomic E-state index is 0.215. The van der Waals surface area contributed by atoms with E-state index in [1.165, 1.54) is 0 Å². The topological polar surface area (TPSA) is 64.3 Å². The molecule has 0 radical (unpaired) electrons. The molecule has 3 N–H and O–H groups in total. The van der Waals surface area contributed by atoms with Crippen molar-refractivity contribution in [1.82, 2.24) is 5.32 Å². The summed E-state index contributed by atoms with van der Waals surface area (Å²) in [6.45, 7) is 5.81. The molecule has 0 fully saturated rings. The first-order valence-electron chi connectivity index (χ1n) is 5.25. The number of ether oxygens (including phenoxy) is 1. The molecule has 0 aliphatic heterocycles. The first-order chi connectivity index (χ1) is 7.81. The molecule has 1 unspecified atom stereocenters. The molecule has 0 saturated carbocycles. The van der Waals surface area contributed by atoms with Crippen LogP contribution in [0.5, 0.6) is 0 Å². The normalized spacial score (nSPS) is 13.2. The lowest BCUT2D eigenvalue weighted by molar-refractivity contribution is 0.0505. The number of alkyl carbamates (subject to hydrolysis) is 1. The zero-order chi connectivity index (χ0) is 13.1. The number of hydrogen-bond acceptors (Lipinski definition) is 4. The van der Waals surface area contributed by atoms with E-state index in [1.54, 1.807) is 11.3 Å². The fourth-order valence-corrected chi connectivity index (χ4v) is 2.46. The summed E-state index contributed by atoms with van der Waals surface area (Å²) in [4.78, 5) is 11.6. The second kappa shape index (κ2) is 5.84. The number of nitrogens with two attached hydrogens (primary N) is 1. The first-order valence-corrected chi connectivity index (χ1v) is 6.92. The van der Waals surface area contributed by atoms with Crippen LogP contribution in [-0.2, 0) is 4.74 Å². The van der Waals surface area contributed by atoms with E-state index in [-0.39, 0.29) is 6.04 Å². The van der Waals surface area contributed by atoms with E-state index in [4.69, 9.17) is 10.5 Å². The maximum absolute atomic E-state index is 11.6. The van der Waals surface area contributed by atoms with E-state index in [0.29, 0.717) is 6.54 Å². The number of nitrogens with one attached hydrogen (secondary N) is 1. The Bertz CT molecular complexity index is 387. The maximum atomic E-state index is 11.6. The number of thiophene rings is 1. The second-order valence-corrected chi connectivity index (χ2v) is 6.91. The molecule has 4 nitrogen and oxygen atoms in total. The van der Waals surface area contributed by atoms with E-state index in [2.05, 4.69) is 21.2 Å². The molecule has 1 heterocycles. The molecule has 0 spiro atoms. The number of amides is 1. The van der Waals surface area contributed by atoms with Crippen molar-refractivity contribution in [2.45, 2.75) is 32.4 Å². The van der Waals surface area contributed by atoms with Crippen LogP contribution >= 0.6 is 27.3 Å². The number of hydrogen-bond donors (Lipinski definition) is 2.